The van der Waals surface area contributed by atoms with Gasteiger partial charge in [-0.15, -0.1) is 0 Å². The number of amides is 3. The lowest BCUT2D eigenvalue weighted by molar-refractivity contribution is -0.139. The van der Waals surface area contributed by atoms with Gasteiger partial charge in [0.15, 0.2) is 5.69 Å². The van der Waals surface area contributed by atoms with Gasteiger partial charge in [-0.3, -0.25) is 19.1 Å². The molecular weight excluding hydrogens is 439 g/mol. The molecule has 1 aliphatic heterocycles. The summed E-state index contributed by atoms with van der Waals surface area (Å²) in [7, 11) is 0. The van der Waals surface area contributed by atoms with Crippen LogP contribution in [0.15, 0.2) is 36.4 Å². The Kier molecular flexibility index (Phi) is 5.51. The molecule has 3 atom stereocenters. The Morgan fingerprint density at radius 1 is 1.21 bits per heavy atom. The monoisotopic (exact) mass is 464 g/mol. The SMILES string of the molecule is Cc1cccc(NC(=O)[C@@H]2C[C@@H]3CCC[C@@H]3N2C(=O)Cn2nc(C(N)=O)c3ccc(F)cc32)n1. The number of hydrogen-bond donors (Lipinski definition) is 2. The summed E-state index contributed by atoms with van der Waals surface area (Å²) in [4.78, 5) is 44.6. The fourth-order valence-corrected chi connectivity index (χ4v) is 5.36. The highest BCUT2D eigenvalue weighted by atomic mass is 19.1. The molecule has 9 nitrogen and oxygen atoms in total. The molecule has 1 aliphatic carbocycles. The minimum atomic E-state index is -0.761. The van der Waals surface area contributed by atoms with Crippen molar-refractivity contribution in [2.45, 2.75) is 51.2 Å². The molecule has 0 radical (unpaired) electrons. The maximum absolute atomic E-state index is 13.9. The first-order valence-corrected chi connectivity index (χ1v) is 11.3. The van der Waals surface area contributed by atoms with Crippen molar-refractivity contribution in [1.29, 1.82) is 0 Å². The van der Waals surface area contributed by atoms with Crippen molar-refractivity contribution in [1.82, 2.24) is 19.7 Å². The summed E-state index contributed by atoms with van der Waals surface area (Å²) < 4.78 is 15.2. The number of pyridine rings is 1. The van der Waals surface area contributed by atoms with Crippen molar-refractivity contribution >= 4 is 34.4 Å². The minimum absolute atomic E-state index is 0.0252. The number of nitrogens with one attached hydrogen (secondary N) is 1. The first-order chi connectivity index (χ1) is 16.3. The van der Waals surface area contributed by atoms with Crippen molar-refractivity contribution in [2.75, 3.05) is 5.32 Å². The summed E-state index contributed by atoms with van der Waals surface area (Å²) in [6.45, 7) is 1.60. The van der Waals surface area contributed by atoms with Crippen LogP contribution in [0.25, 0.3) is 10.9 Å². The average molecular weight is 465 g/mol. The fourth-order valence-electron chi connectivity index (χ4n) is 5.36. The van der Waals surface area contributed by atoms with Crippen LogP contribution in [0.1, 0.15) is 41.9 Å². The van der Waals surface area contributed by atoms with E-state index >= 15 is 0 Å². The number of primary amides is 1. The van der Waals surface area contributed by atoms with Gasteiger partial charge in [-0.05, 0) is 62.4 Å². The molecule has 0 bridgehead atoms. The fraction of sp³-hybridized carbons (Fsp3) is 0.375. The standard InChI is InChI=1S/C24H25FN6O3/c1-13-4-2-7-20(27-13)28-24(34)19-10-14-5-3-6-17(14)31(19)21(32)12-30-18-11-15(25)8-9-16(18)22(29-30)23(26)33/h2,4,7-9,11,14,17,19H,3,5-6,10,12H2,1H3,(H2,26,33)(H,27,28,34)/t14-,17-,19-/m0/s1. The summed E-state index contributed by atoms with van der Waals surface area (Å²) in [5.41, 5.74) is 6.49. The van der Waals surface area contributed by atoms with E-state index in [4.69, 9.17) is 5.73 Å². The first-order valence-electron chi connectivity index (χ1n) is 11.3. The summed E-state index contributed by atoms with van der Waals surface area (Å²) in [5.74, 6) is -1.18. The molecule has 2 aromatic heterocycles. The molecule has 10 heteroatoms. The minimum Gasteiger partial charge on any atom is -0.364 e. The number of carbonyl (C=O) groups excluding carboxylic acids is 3. The quantitative estimate of drug-likeness (QED) is 0.600. The summed E-state index contributed by atoms with van der Waals surface area (Å²) >= 11 is 0. The highest BCUT2D eigenvalue weighted by Crippen LogP contribution is 2.41. The van der Waals surface area contributed by atoms with Crippen LogP contribution in [-0.4, -0.2) is 49.5 Å². The first kappa shape index (κ1) is 22.0. The maximum Gasteiger partial charge on any atom is 0.269 e. The number of fused-ring (bicyclic) bond motifs is 2. The van der Waals surface area contributed by atoms with Crippen LogP contribution >= 0.6 is 0 Å². The van der Waals surface area contributed by atoms with Gasteiger partial charge >= 0.3 is 0 Å². The number of anilines is 1. The summed E-state index contributed by atoms with van der Waals surface area (Å²) in [6, 6.07) is 8.53. The average Bonchev–Trinajstić information content (AvgIpc) is 3.46. The van der Waals surface area contributed by atoms with E-state index < -0.39 is 17.8 Å². The number of carbonyl (C=O) groups is 3. The number of halogens is 1. The van der Waals surface area contributed by atoms with Crippen LogP contribution in [0.4, 0.5) is 10.2 Å². The van der Waals surface area contributed by atoms with E-state index in [2.05, 4.69) is 15.4 Å². The molecule has 34 heavy (non-hydrogen) atoms. The van der Waals surface area contributed by atoms with Crippen molar-refractivity contribution in [3.8, 4) is 0 Å². The number of aryl methyl sites for hydroxylation is 1. The zero-order valence-electron chi connectivity index (χ0n) is 18.7. The predicted molar refractivity (Wildman–Crippen MR) is 122 cm³/mol. The third kappa shape index (κ3) is 3.89. The molecule has 1 saturated carbocycles. The molecule has 1 saturated heterocycles. The highest BCUT2D eigenvalue weighted by Gasteiger charge is 2.48. The number of hydrogen-bond acceptors (Lipinski definition) is 5. The second-order valence-corrected chi connectivity index (χ2v) is 9.00. The lowest BCUT2D eigenvalue weighted by Crippen LogP contribution is -2.48. The van der Waals surface area contributed by atoms with Gasteiger partial charge in [0.2, 0.25) is 11.8 Å². The number of nitrogens with zero attached hydrogens (tertiary/aromatic N) is 4. The van der Waals surface area contributed by atoms with Gasteiger partial charge in [0, 0.05) is 17.1 Å². The number of benzene rings is 1. The smallest absolute Gasteiger partial charge is 0.269 e. The van der Waals surface area contributed by atoms with E-state index in [0.717, 1.165) is 25.0 Å². The Morgan fingerprint density at radius 2 is 2.03 bits per heavy atom. The lowest BCUT2D eigenvalue weighted by Gasteiger charge is -2.29. The largest absolute Gasteiger partial charge is 0.364 e. The second kappa shape index (κ2) is 8.51. The predicted octanol–water partition coefficient (Wildman–Crippen LogP) is 2.39. The van der Waals surface area contributed by atoms with Crippen molar-refractivity contribution in [2.24, 2.45) is 11.7 Å². The van der Waals surface area contributed by atoms with Gasteiger partial charge in [-0.2, -0.15) is 5.10 Å². The molecule has 2 aliphatic rings. The molecular formula is C24H25FN6O3. The van der Waals surface area contributed by atoms with Gasteiger partial charge in [-0.25, -0.2) is 9.37 Å². The van der Waals surface area contributed by atoms with E-state index in [9.17, 15) is 18.8 Å². The molecule has 1 aromatic carbocycles. The number of aromatic nitrogens is 3. The molecule has 3 aromatic rings. The van der Waals surface area contributed by atoms with E-state index in [0.29, 0.717) is 23.1 Å². The molecule has 5 rings (SSSR count). The molecule has 0 unspecified atom stereocenters. The normalized spacial score (nSPS) is 21.6. The Hall–Kier alpha value is -3.82. The zero-order chi connectivity index (χ0) is 24.0. The van der Waals surface area contributed by atoms with Gasteiger partial charge in [-0.1, -0.05) is 12.5 Å². The Balaban J connectivity index is 1.43. The molecule has 3 heterocycles. The maximum atomic E-state index is 13.9. The number of nitrogens with two attached hydrogens (primary N) is 1. The zero-order valence-corrected chi connectivity index (χ0v) is 18.7. The Morgan fingerprint density at radius 3 is 2.79 bits per heavy atom. The number of rotatable bonds is 5. The summed E-state index contributed by atoms with van der Waals surface area (Å²) in [6.07, 6.45) is 3.36. The molecule has 3 N–H and O–H groups in total. The molecule has 3 amide bonds. The van der Waals surface area contributed by atoms with Crippen LogP contribution in [-0.2, 0) is 16.1 Å². The molecule has 176 valence electrons. The lowest BCUT2D eigenvalue weighted by atomic mass is 10.0. The van der Waals surface area contributed by atoms with Crippen LogP contribution in [0.3, 0.4) is 0 Å². The Bertz CT molecular complexity index is 1310. The van der Waals surface area contributed by atoms with Gasteiger partial charge in [0.25, 0.3) is 5.91 Å². The third-order valence-electron chi connectivity index (χ3n) is 6.80. The second-order valence-electron chi connectivity index (χ2n) is 9.00. The van der Waals surface area contributed by atoms with Crippen LogP contribution in [0.2, 0.25) is 0 Å². The van der Waals surface area contributed by atoms with E-state index in [-0.39, 0.29) is 36.0 Å². The van der Waals surface area contributed by atoms with Gasteiger partial charge in [0.1, 0.15) is 24.2 Å². The van der Waals surface area contributed by atoms with Crippen LogP contribution < -0.4 is 11.1 Å². The van der Waals surface area contributed by atoms with E-state index in [1.54, 1.807) is 11.0 Å². The molecule has 0 spiro atoms. The van der Waals surface area contributed by atoms with Crippen molar-refractivity contribution < 1.29 is 18.8 Å². The Labute approximate surface area is 195 Å². The van der Waals surface area contributed by atoms with E-state index in [1.807, 2.05) is 19.1 Å². The van der Waals surface area contributed by atoms with Gasteiger partial charge < -0.3 is 16.0 Å². The van der Waals surface area contributed by atoms with Crippen LogP contribution in [0, 0.1) is 18.7 Å². The summed E-state index contributed by atoms with van der Waals surface area (Å²) in [5, 5.41) is 7.41. The third-order valence-corrected chi connectivity index (χ3v) is 6.80. The topological polar surface area (TPSA) is 123 Å². The van der Waals surface area contributed by atoms with Gasteiger partial charge in [0.05, 0.1) is 5.52 Å². The highest BCUT2D eigenvalue weighted by molar-refractivity contribution is 6.04. The molecule has 2 fully saturated rings. The van der Waals surface area contributed by atoms with Crippen molar-refractivity contribution in [3.63, 3.8) is 0 Å². The van der Waals surface area contributed by atoms with E-state index in [1.165, 1.54) is 22.9 Å². The number of likely N-dealkylation sites (tertiary alicyclic amines) is 1. The van der Waals surface area contributed by atoms with Crippen LogP contribution in [0.5, 0.6) is 0 Å². The van der Waals surface area contributed by atoms with Crippen molar-refractivity contribution in [3.05, 3.63) is 53.6 Å².